The van der Waals surface area contributed by atoms with E-state index >= 15 is 0 Å². The molecule has 0 amide bonds. The van der Waals surface area contributed by atoms with Crippen molar-refractivity contribution in [3.05, 3.63) is 38.2 Å². The Bertz CT molecular complexity index is 541. The first-order chi connectivity index (χ1) is 7.88. The number of nitrogens with zero attached hydrogens (tertiary/aromatic N) is 1. The number of hydrogen-bond donors (Lipinski definition) is 0. The van der Waals surface area contributed by atoms with E-state index in [1.54, 1.807) is 11.3 Å². The summed E-state index contributed by atoms with van der Waals surface area (Å²) in [7, 11) is 0. The first kappa shape index (κ1) is 13.2. The fraction of sp³-hybridized carbons (Fsp3) is 0.308. The van der Waals surface area contributed by atoms with Gasteiger partial charge in [-0.1, -0.05) is 26.8 Å². The van der Waals surface area contributed by atoms with Crippen LogP contribution in [-0.4, -0.2) is 4.98 Å². The van der Waals surface area contributed by atoms with Crippen LogP contribution >= 0.6 is 43.2 Å². The summed E-state index contributed by atoms with van der Waals surface area (Å²) in [5.74, 6) is 0. The molecule has 0 aliphatic heterocycles. The summed E-state index contributed by atoms with van der Waals surface area (Å²) in [6.45, 7) is 6.55. The van der Waals surface area contributed by atoms with Crippen molar-refractivity contribution in [3.8, 4) is 10.6 Å². The van der Waals surface area contributed by atoms with Gasteiger partial charge in [0.1, 0.15) is 5.01 Å². The Balaban J connectivity index is 2.40. The normalized spacial score (nSPS) is 11.8. The van der Waals surface area contributed by atoms with E-state index in [0.717, 1.165) is 25.2 Å². The van der Waals surface area contributed by atoms with E-state index in [9.17, 15) is 0 Å². The van der Waals surface area contributed by atoms with E-state index in [4.69, 9.17) is 4.98 Å². The molecule has 0 saturated carbocycles. The Morgan fingerprint density at radius 3 is 2.35 bits per heavy atom. The number of rotatable bonds is 1. The summed E-state index contributed by atoms with van der Waals surface area (Å²) in [5, 5.41) is 3.22. The first-order valence-electron chi connectivity index (χ1n) is 5.29. The zero-order valence-corrected chi connectivity index (χ0v) is 13.9. The van der Waals surface area contributed by atoms with Crippen LogP contribution in [0.2, 0.25) is 0 Å². The molecule has 0 aliphatic carbocycles. The third-order valence-corrected chi connectivity index (χ3v) is 5.21. The van der Waals surface area contributed by atoms with Crippen molar-refractivity contribution in [3.63, 3.8) is 0 Å². The zero-order valence-electron chi connectivity index (χ0n) is 9.92. The molecule has 17 heavy (non-hydrogen) atoms. The summed E-state index contributed by atoms with van der Waals surface area (Å²) in [4.78, 5) is 4.70. The van der Waals surface area contributed by atoms with Gasteiger partial charge in [0.25, 0.3) is 0 Å². The second-order valence-corrected chi connectivity index (χ2v) is 7.48. The van der Waals surface area contributed by atoms with Crippen LogP contribution in [0, 0.1) is 0 Å². The van der Waals surface area contributed by atoms with E-state index in [2.05, 4.69) is 70.1 Å². The highest BCUT2D eigenvalue weighted by atomic mass is 79.9. The molecular formula is C13H13Br2NS. The topological polar surface area (TPSA) is 12.9 Å². The van der Waals surface area contributed by atoms with Gasteiger partial charge in [0, 0.05) is 25.3 Å². The Morgan fingerprint density at radius 2 is 1.82 bits per heavy atom. The maximum absolute atomic E-state index is 4.70. The minimum Gasteiger partial charge on any atom is -0.241 e. The molecule has 0 spiro atoms. The maximum Gasteiger partial charge on any atom is 0.123 e. The molecule has 4 heteroatoms. The molecular weight excluding hydrogens is 362 g/mol. The van der Waals surface area contributed by atoms with Crippen molar-refractivity contribution in [1.82, 2.24) is 4.98 Å². The van der Waals surface area contributed by atoms with Gasteiger partial charge in [0.05, 0.1) is 5.69 Å². The summed E-state index contributed by atoms with van der Waals surface area (Å²) in [6.07, 6.45) is 0. The van der Waals surface area contributed by atoms with Crippen LogP contribution in [0.4, 0.5) is 0 Å². The fourth-order valence-electron chi connectivity index (χ4n) is 1.38. The Kier molecular flexibility index (Phi) is 3.76. The zero-order chi connectivity index (χ0) is 12.6. The van der Waals surface area contributed by atoms with Crippen LogP contribution in [-0.2, 0) is 5.41 Å². The van der Waals surface area contributed by atoms with Crippen LogP contribution in [0.25, 0.3) is 10.6 Å². The molecule has 1 aromatic carbocycles. The Labute approximate surface area is 123 Å². The summed E-state index contributed by atoms with van der Waals surface area (Å²) in [5.41, 5.74) is 2.42. The molecule has 1 nitrogen and oxygen atoms in total. The van der Waals surface area contributed by atoms with Gasteiger partial charge in [-0.3, -0.25) is 0 Å². The van der Waals surface area contributed by atoms with Gasteiger partial charge >= 0.3 is 0 Å². The average molecular weight is 375 g/mol. The van der Waals surface area contributed by atoms with Crippen molar-refractivity contribution >= 4 is 43.2 Å². The molecule has 0 atom stereocenters. The standard InChI is InChI=1S/C13H13Br2NS/c1-13(2,3)11-7-17-12(16-11)8-4-5-9(14)10(15)6-8/h4-7H,1-3H3. The minimum atomic E-state index is 0.112. The molecule has 1 heterocycles. The molecule has 0 aliphatic rings. The number of halogens is 2. The smallest absolute Gasteiger partial charge is 0.123 e. The second kappa shape index (κ2) is 4.82. The van der Waals surface area contributed by atoms with Crippen molar-refractivity contribution in [2.45, 2.75) is 26.2 Å². The first-order valence-corrected chi connectivity index (χ1v) is 7.76. The van der Waals surface area contributed by atoms with Crippen LogP contribution in [0.3, 0.4) is 0 Å². The molecule has 0 N–H and O–H groups in total. The molecule has 0 saturated heterocycles. The molecule has 90 valence electrons. The van der Waals surface area contributed by atoms with Gasteiger partial charge in [-0.05, 0) is 44.0 Å². The minimum absolute atomic E-state index is 0.112. The quantitative estimate of drug-likeness (QED) is 0.629. The van der Waals surface area contributed by atoms with Crippen molar-refractivity contribution in [1.29, 1.82) is 0 Å². The van der Waals surface area contributed by atoms with Crippen molar-refractivity contribution in [2.75, 3.05) is 0 Å². The Hall–Kier alpha value is -0.190. The summed E-state index contributed by atoms with van der Waals surface area (Å²) in [6, 6.07) is 6.22. The maximum atomic E-state index is 4.70. The molecule has 2 rings (SSSR count). The van der Waals surface area contributed by atoms with Crippen molar-refractivity contribution in [2.24, 2.45) is 0 Å². The SMILES string of the molecule is CC(C)(C)c1csc(-c2ccc(Br)c(Br)c2)n1. The molecule has 0 fully saturated rings. The lowest BCUT2D eigenvalue weighted by atomic mass is 9.93. The van der Waals surface area contributed by atoms with E-state index in [-0.39, 0.29) is 5.41 Å². The predicted octanol–water partition coefficient (Wildman–Crippen LogP) is 5.63. The summed E-state index contributed by atoms with van der Waals surface area (Å²) < 4.78 is 2.12. The predicted molar refractivity (Wildman–Crippen MR) is 81.7 cm³/mol. The van der Waals surface area contributed by atoms with Gasteiger partial charge < -0.3 is 0 Å². The van der Waals surface area contributed by atoms with Crippen LogP contribution in [0.15, 0.2) is 32.5 Å². The van der Waals surface area contributed by atoms with Crippen molar-refractivity contribution < 1.29 is 0 Å². The second-order valence-electron chi connectivity index (χ2n) is 4.92. The molecule has 2 aromatic rings. The highest BCUT2D eigenvalue weighted by molar-refractivity contribution is 9.13. The third kappa shape index (κ3) is 2.98. The van der Waals surface area contributed by atoms with Gasteiger partial charge in [-0.15, -0.1) is 11.3 Å². The van der Waals surface area contributed by atoms with E-state index in [0.29, 0.717) is 0 Å². The number of aromatic nitrogens is 1. The molecule has 0 radical (unpaired) electrons. The van der Waals surface area contributed by atoms with Gasteiger partial charge in [0.15, 0.2) is 0 Å². The lowest BCUT2D eigenvalue weighted by Crippen LogP contribution is -2.11. The largest absolute Gasteiger partial charge is 0.241 e. The van der Waals surface area contributed by atoms with E-state index in [1.807, 2.05) is 6.07 Å². The van der Waals surface area contributed by atoms with E-state index in [1.165, 1.54) is 0 Å². The van der Waals surface area contributed by atoms with E-state index < -0.39 is 0 Å². The lowest BCUT2D eigenvalue weighted by molar-refractivity contribution is 0.573. The Morgan fingerprint density at radius 1 is 1.12 bits per heavy atom. The highest BCUT2D eigenvalue weighted by Crippen LogP contribution is 2.33. The number of hydrogen-bond acceptors (Lipinski definition) is 2. The molecule has 0 bridgehead atoms. The van der Waals surface area contributed by atoms with Gasteiger partial charge in [-0.25, -0.2) is 4.98 Å². The van der Waals surface area contributed by atoms with Crippen LogP contribution < -0.4 is 0 Å². The fourth-order valence-corrected chi connectivity index (χ4v) is 3.05. The van der Waals surface area contributed by atoms with Gasteiger partial charge in [0.2, 0.25) is 0 Å². The summed E-state index contributed by atoms with van der Waals surface area (Å²) >= 11 is 8.69. The lowest BCUT2D eigenvalue weighted by Gasteiger charge is -2.14. The monoisotopic (exact) mass is 373 g/mol. The third-order valence-electron chi connectivity index (χ3n) is 2.44. The highest BCUT2D eigenvalue weighted by Gasteiger charge is 2.18. The van der Waals surface area contributed by atoms with Crippen LogP contribution in [0.1, 0.15) is 26.5 Å². The number of thiazole rings is 1. The molecule has 1 aromatic heterocycles. The van der Waals surface area contributed by atoms with Gasteiger partial charge in [-0.2, -0.15) is 0 Å². The molecule has 0 unspecified atom stereocenters. The average Bonchev–Trinajstić information content (AvgIpc) is 2.70. The van der Waals surface area contributed by atoms with Crippen LogP contribution in [0.5, 0.6) is 0 Å². The number of benzene rings is 1.